The third-order valence-electron chi connectivity index (χ3n) is 4.58. The number of hydrogen-bond donors (Lipinski definition) is 1. The summed E-state index contributed by atoms with van der Waals surface area (Å²) in [5, 5.41) is 0. The summed E-state index contributed by atoms with van der Waals surface area (Å²) in [6, 6.07) is 16.3. The molecule has 0 spiro atoms. The zero-order valence-electron chi connectivity index (χ0n) is 14.2. The second kappa shape index (κ2) is 7.39. The van der Waals surface area contributed by atoms with Gasteiger partial charge in [0.15, 0.2) is 0 Å². The van der Waals surface area contributed by atoms with E-state index in [0.29, 0.717) is 6.42 Å². The minimum Gasteiger partial charge on any atom is -0.399 e. The number of hydrogen-bond acceptors (Lipinski definition) is 3. The Balaban J connectivity index is 1.50. The van der Waals surface area contributed by atoms with Gasteiger partial charge < -0.3 is 15.5 Å². The van der Waals surface area contributed by atoms with E-state index in [4.69, 9.17) is 5.73 Å². The van der Waals surface area contributed by atoms with Gasteiger partial charge in [-0.2, -0.15) is 0 Å². The third kappa shape index (κ3) is 4.07. The van der Waals surface area contributed by atoms with Crippen LogP contribution in [0.15, 0.2) is 48.5 Å². The van der Waals surface area contributed by atoms with Crippen molar-refractivity contribution in [3.8, 4) is 0 Å². The average Bonchev–Trinajstić information content (AvgIpc) is 2.60. The van der Waals surface area contributed by atoms with Crippen molar-refractivity contribution in [3.63, 3.8) is 0 Å². The lowest BCUT2D eigenvalue weighted by atomic mass is 10.1. The smallest absolute Gasteiger partial charge is 0.223 e. The average molecular weight is 323 g/mol. The van der Waals surface area contributed by atoms with Gasteiger partial charge in [-0.3, -0.25) is 4.79 Å². The summed E-state index contributed by atoms with van der Waals surface area (Å²) in [6.45, 7) is 5.49. The van der Waals surface area contributed by atoms with Crippen LogP contribution >= 0.6 is 0 Å². The van der Waals surface area contributed by atoms with Crippen LogP contribution < -0.4 is 10.6 Å². The number of benzene rings is 2. The molecule has 2 N–H and O–H groups in total. The predicted molar refractivity (Wildman–Crippen MR) is 99.1 cm³/mol. The van der Waals surface area contributed by atoms with Crippen molar-refractivity contribution in [3.05, 3.63) is 59.7 Å². The zero-order valence-corrected chi connectivity index (χ0v) is 14.2. The molecule has 1 aliphatic heterocycles. The minimum absolute atomic E-state index is 0.237. The van der Waals surface area contributed by atoms with Crippen LogP contribution in [0.25, 0.3) is 0 Å². The van der Waals surface area contributed by atoms with E-state index in [1.807, 2.05) is 29.2 Å². The molecule has 2 aromatic rings. The molecule has 0 aromatic heterocycles. The lowest BCUT2D eigenvalue weighted by molar-refractivity contribution is -0.131. The Bertz CT molecular complexity index is 706. The number of anilines is 2. The highest BCUT2D eigenvalue weighted by Gasteiger charge is 2.21. The summed E-state index contributed by atoms with van der Waals surface area (Å²) in [4.78, 5) is 16.8. The number of piperazine rings is 1. The second-order valence-corrected chi connectivity index (χ2v) is 6.45. The quantitative estimate of drug-likeness (QED) is 0.880. The van der Waals surface area contributed by atoms with Crippen molar-refractivity contribution in [2.24, 2.45) is 0 Å². The highest BCUT2D eigenvalue weighted by molar-refractivity contribution is 5.77. The largest absolute Gasteiger partial charge is 0.399 e. The highest BCUT2D eigenvalue weighted by atomic mass is 16.2. The number of nitrogen functional groups attached to an aromatic ring is 1. The SMILES string of the molecule is Cc1cccc(N2CCN(C(=O)CCc3cccc(N)c3)CC2)c1. The van der Waals surface area contributed by atoms with Gasteiger partial charge in [-0.05, 0) is 48.7 Å². The molecule has 1 amide bonds. The molecule has 1 heterocycles. The Labute approximate surface area is 143 Å². The fourth-order valence-electron chi connectivity index (χ4n) is 3.20. The first-order chi connectivity index (χ1) is 11.6. The van der Waals surface area contributed by atoms with Crippen LogP contribution in [-0.4, -0.2) is 37.0 Å². The fourth-order valence-corrected chi connectivity index (χ4v) is 3.20. The van der Waals surface area contributed by atoms with Gasteiger partial charge in [0.1, 0.15) is 0 Å². The molecule has 0 aliphatic carbocycles. The molecule has 0 saturated carbocycles. The zero-order chi connectivity index (χ0) is 16.9. The first-order valence-corrected chi connectivity index (χ1v) is 8.55. The number of nitrogens with two attached hydrogens (primary N) is 1. The molecule has 1 aliphatic rings. The van der Waals surface area contributed by atoms with E-state index in [1.54, 1.807) is 0 Å². The van der Waals surface area contributed by atoms with E-state index in [-0.39, 0.29) is 5.91 Å². The topological polar surface area (TPSA) is 49.6 Å². The Kier molecular flexibility index (Phi) is 5.04. The predicted octanol–water partition coefficient (Wildman–Crippen LogP) is 2.86. The molecular formula is C20H25N3O. The van der Waals surface area contributed by atoms with Crippen molar-refractivity contribution >= 4 is 17.3 Å². The third-order valence-corrected chi connectivity index (χ3v) is 4.58. The number of amides is 1. The van der Waals surface area contributed by atoms with E-state index in [0.717, 1.165) is 43.9 Å². The van der Waals surface area contributed by atoms with Crippen molar-refractivity contribution in [1.29, 1.82) is 0 Å². The Morgan fingerprint density at radius 1 is 1.04 bits per heavy atom. The van der Waals surface area contributed by atoms with Gasteiger partial charge in [0.05, 0.1) is 0 Å². The first kappa shape index (κ1) is 16.4. The van der Waals surface area contributed by atoms with Gasteiger partial charge in [-0.1, -0.05) is 24.3 Å². The Hall–Kier alpha value is -2.49. The molecular weight excluding hydrogens is 298 g/mol. The normalized spacial score (nSPS) is 14.7. The van der Waals surface area contributed by atoms with Crippen LogP contribution in [0.4, 0.5) is 11.4 Å². The van der Waals surface area contributed by atoms with E-state index in [9.17, 15) is 4.79 Å². The molecule has 0 radical (unpaired) electrons. The van der Waals surface area contributed by atoms with Crippen molar-refractivity contribution in [2.75, 3.05) is 36.8 Å². The lowest BCUT2D eigenvalue weighted by Crippen LogP contribution is -2.48. The van der Waals surface area contributed by atoms with Crippen molar-refractivity contribution < 1.29 is 4.79 Å². The molecule has 0 atom stereocenters. The molecule has 1 fully saturated rings. The molecule has 24 heavy (non-hydrogen) atoms. The van der Waals surface area contributed by atoms with Crippen LogP contribution in [0.1, 0.15) is 17.5 Å². The summed E-state index contributed by atoms with van der Waals surface area (Å²) in [5.74, 6) is 0.237. The maximum absolute atomic E-state index is 12.4. The maximum Gasteiger partial charge on any atom is 0.223 e. The van der Waals surface area contributed by atoms with Crippen molar-refractivity contribution in [1.82, 2.24) is 4.90 Å². The van der Waals surface area contributed by atoms with E-state index < -0.39 is 0 Å². The van der Waals surface area contributed by atoms with Crippen LogP contribution in [0, 0.1) is 6.92 Å². The van der Waals surface area contributed by atoms with Gasteiger partial charge >= 0.3 is 0 Å². The fraction of sp³-hybridized carbons (Fsp3) is 0.350. The first-order valence-electron chi connectivity index (χ1n) is 8.55. The number of rotatable bonds is 4. The van der Waals surface area contributed by atoms with E-state index >= 15 is 0 Å². The highest BCUT2D eigenvalue weighted by Crippen LogP contribution is 2.18. The van der Waals surface area contributed by atoms with Gasteiger partial charge in [0.25, 0.3) is 0 Å². The number of carbonyl (C=O) groups excluding carboxylic acids is 1. The maximum atomic E-state index is 12.4. The van der Waals surface area contributed by atoms with Gasteiger partial charge in [0.2, 0.25) is 5.91 Å². The van der Waals surface area contributed by atoms with Crippen molar-refractivity contribution in [2.45, 2.75) is 19.8 Å². The second-order valence-electron chi connectivity index (χ2n) is 6.45. The summed E-state index contributed by atoms with van der Waals surface area (Å²) in [6.07, 6.45) is 1.30. The standard InChI is InChI=1S/C20H25N3O/c1-16-4-2-7-19(14-16)22-10-12-23(13-11-22)20(24)9-8-17-5-3-6-18(21)15-17/h2-7,14-15H,8-13,21H2,1H3. The molecule has 0 unspecified atom stereocenters. The molecule has 4 heteroatoms. The van der Waals surface area contributed by atoms with E-state index in [2.05, 4.69) is 36.1 Å². The molecule has 2 aromatic carbocycles. The van der Waals surface area contributed by atoms with Crippen LogP contribution in [0.3, 0.4) is 0 Å². The molecule has 1 saturated heterocycles. The van der Waals surface area contributed by atoms with Crippen LogP contribution in [0.5, 0.6) is 0 Å². The summed E-state index contributed by atoms with van der Waals surface area (Å²) in [7, 11) is 0. The van der Waals surface area contributed by atoms with Gasteiger partial charge in [0, 0.05) is 44.0 Å². The molecule has 3 rings (SSSR count). The molecule has 4 nitrogen and oxygen atoms in total. The van der Waals surface area contributed by atoms with E-state index in [1.165, 1.54) is 11.3 Å². The molecule has 0 bridgehead atoms. The van der Waals surface area contributed by atoms with Crippen LogP contribution in [0.2, 0.25) is 0 Å². The van der Waals surface area contributed by atoms with Gasteiger partial charge in [-0.25, -0.2) is 0 Å². The minimum atomic E-state index is 0.237. The number of nitrogens with zero attached hydrogens (tertiary/aromatic N) is 2. The number of aryl methyl sites for hydroxylation is 2. The lowest BCUT2D eigenvalue weighted by Gasteiger charge is -2.36. The summed E-state index contributed by atoms with van der Waals surface area (Å²) in [5.41, 5.74) is 10.2. The summed E-state index contributed by atoms with van der Waals surface area (Å²) >= 11 is 0. The van der Waals surface area contributed by atoms with Crippen LogP contribution in [-0.2, 0) is 11.2 Å². The molecule has 126 valence electrons. The number of carbonyl (C=O) groups is 1. The summed E-state index contributed by atoms with van der Waals surface area (Å²) < 4.78 is 0. The Morgan fingerprint density at radius 2 is 1.79 bits per heavy atom. The Morgan fingerprint density at radius 3 is 2.50 bits per heavy atom. The monoisotopic (exact) mass is 323 g/mol. The van der Waals surface area contributed by atoms with Gasteiger partial charge in [-0.15, -0.1) is 0 Å².